The number of amides is 2. The van der Waals surface area contributed by atoms with Crippen LogP contribution >= 0.6 is 0 Å². The van der Waals surface area contributed by atoms with E-state index in [4.69, 9.17) is 0 Å². The summed E-state index contributed by atoms with van der Waals surface area (Å²) in [5.41, 5.74) is 4.44. The Morgan fingerprint density at radius 2 is 1.73 bits per heavy atom. The number of nitrogens with one attached hydrogen (secondary N) is 3. The largest absolute Gasteiger partial charge is 0.326 e. The number of anilines is 2. The molecule has 8 heteroatoms. The molecule has 1 unspecified atom stereocenters. The summed E-state index contributed by atoms with van der Waals surface area (Å²) in [5, 5.41) is 5.61. The van der Waals surface area contributed by atoms with E-state index in [1.165, 1.54) is 6.07 Å². The molecular weight excluding hydrogens is 438 g/mol. The van der Waals surface area contributed by atoms with Crippen molar-refractivity contribution in [2.75, 3.05) is 10.6 Å². The van der Waals surface area contributed by atoms with E-state index in [9.17, 15) is 18.0 Å². The molecule has 3 aromatic rings. The lowest BCUT2D eigenvalue weighted by atomic mass is 10.0. The molecule has 0 aliphatic carbocycles. The number of aryl methyl sites for hydroxylation is 2. The van der Waals surface area contributed by atoms with Gasteiger partial charge < -0.3 is 10.6 Å². The maximum absolute atomic E-state index is 13.3. The topological polar surface area (TPSA) is 104 Å². The SMILES string of the molecule is Cc1cccc(NC(=O)C(NS(=O)(=O)c2ccc3c(c2)CCC(=O)N3)c2ccccc2)c1C. The number of rotatable bonds is 6. The maximum atomic E-state index is 13.3. The van der Waals surface area contributed by atoms with Gasteiger partial charge in [-0.15, -0.1) is 0 Å². The summed E-state index contributed by atoms with van der Waals surface area (Å²) < 4.78 is 29.1. The molecule has 0 bridgehead atoms. The number of sulfonamides is 1. The van der Waals surface area contributed by atoms with Gasteiger partial charge >= 0.3 is 0 Å². The van der Waals surface area contributed by atoms with Gasteiger partial charge in [-0.25, -0.2) is 8.42 Å². The first-order chi connectivity index (χ1) is 15.7. The van der Waals surface area contributed by atoms with Crippen LogP contribution in [0.2, 0.25) is 0 Å². The van der Waals surface area contributed by atoms with Gasteiger partial charge in [-0.05, 0) is 66.8 Å². The number of hydrogen-bond donors (Lipinski definition) is 3. The van der Waals surface area contributed by atoms with Gasteiger partial charge in [0.15, 0.2) is 0 Å². The van der Waals surface area contributed by atoms with Crippen LogP contribution in [0.15, 0.2) is 71.6 Å². The molecule has 3 N–H and O–H groups in total. The summed E-state index contributed by atoms with van der Waals surface area (Å²) >= 11 is 0. The highest BCUT2D eigenvalue weighted by molar-refractivity contribution is 7.89. The third-order valence-electron chi connectivity index (χ3n) is 5.81. The minimum absolute atomic E-state index is 0.0397. The van der Waals surface area contributed by atoms with Crippen LogP contribution in [0.25, 0.3) is 0 Å². The first-order valence-electron chi connectivity index (χ1n) is 10.6. The Morgan fingerprint density at radius 1 is 0.970 bits per heavy atom. The first-order valence-corrected chi connectivity index (χ1v) is 12.1. The van der Waals surface area contributed by atoms with Gasteiger partial charge in [0.25, 0.3) is 0 Å². The summed E-state index contributed by atoms with van der Waals surface area (Å²) in [5.74, 6) is -0.577. The van der Waals surface area contributed by atoms with Gasteiger partial charge in [0.05, 0.1) is 4.90 Å². The van der Waals surface area contributed by atoms with Gasteiger partial charge in [0, 0.05) is 17.8 Å². The van der Waals surface area contributed by atoms with Crippen molar-refractivity contribution in [3.63, 3.8) is 0 Å². The molecule has 0 radical (unpaired) electrons. The van der Waals surface area contributed by atoms with E-state index in [1.54, 1.807) is 48.5 Å². The summed E-state index contributed by atoms with van der Waals surface area (Å²) in [6.45, 7) is 3.85. The summed E-state index contributed by atoms with van der Waals surface area (Å²) in [6.07, 6.45) is 0.759. The fourth-order valence-electron chi connectivity index (χ4n) is 3.76. The fraction of sp³-hybridized carbons (Fsp3) is 0.200. The third-order valence-corrected chi connectivity index (χ3v) is 7.23. The Morgan fingerprint density at radius 3 is 2.48 bits per heavy atom. The second kappa shape index (κ2) is 9.17. The molecule has 1 aliphatic heterocycles. The number of carbonyl (C=O) groups is 2. The predicted molar refractivity (Wildman–Crippen MR) is 127 cm³/mol. The number of benzene rings is 3. The van der Waals surface area contributed by atoms with Gasteiger partial charge in [-0.3, -0.25) is 9.59 Å². The number of fused-ring (bicyclic) bond motifs is 1. The van der Waals surface area contributed by atoms with E-state index in [-0.39, 0.29) is 10.8 Å². The molecule has 1 heterocycles. The summed E-state index contributed by atoms with van der Waals surface area (Å²) in [7, 11) is -4.03. The van der Waals surface area contributed by atoms with Crippen molar-refractivity contribution >= 4 is 33.2 Å². The molecule has 33 heavy (non-hydrogen) atoms. The smallest absolute Gasteiger partial charge is 0.247 e. The second-order valence-corrected chi connectivity index (χ2v) is 9.78. The van der Waals surface area contributed by atoms with Crippen molar-refractivity contribution in [1.29, 1.82) is 0 Å². The van der Waals surface area contributed by atoms with E-state index in [2.05, 4.69) is 15.4 Å². The Hall–Kier alpha value is -3.49. The zero-order chi connectivity index (χ0) is 23.6. The van der Waals surface area contributed by atoms with Gasteiger partial charge in [0.1, 0.15) is 6.04 Å². The van der Waals surface area contributed by atoms with E-state index >= 15 is 0 Å². The van der Waals surface area contributed by atoms with Crippen molar-refractivity contribution in [1.82, 2.24) is 4.72 Å². The summed E-state index contributed by atoms with van der Waals surface area (Å²) in [4.78, 5) is 24.9. The van der Waals surface area contributed by atoms with Crippen LogP contribution < -0.4 is 15.4 Å². The molecular formula is C25H25N3O4S. The second-order valence-electron chi connectivity index (χ2n) is 8.07. The molecule has 1 aliphatic rings. The predicted octanol–water partition coefficient (Wildman–Crippen LogP) is 3.85. The van der Waals surface area contributed by atoms with Crippen LogP contribution in [-0.2, 0) is 26.0 Å². The average molecular weight is 464 g/mol. The summed E-state index contributed by atoms with van der Waals surface area (Å²) in [6, 6.07) is 17.7. The van der Waals surface area contributed by atoms with Crippen LogP contribution in [0.4, 0.5) is 11.4 Å². The normalized spacial score (nSPS) is 14.2. The minimum atomic E-state index is -4.03. The zero-order valence-electron chi connectivity index (χ0n) is 18.4. The highest BCUT2D eigenvalue weighted by Gasteiger charge is 2.28. The molecule has 0 saturated heterocycles. The minimum Gasteiger partial charge on any atom is -0.326 e. The van der Waals surface area contributed by atoms with Crippen LogP contribution in [0.3, 0.4) is 0 Å². The van der Waals surface area contributed by atoms with Gasteiger partial charge in [-0.2, -0.15) is 4.72 Å². The Kier molecular flexibility index (Phi) is 6.31. The lowest BCUT2D eigenvalue weighted by molar-refractivity contribution is -0.118. The Labute approximate surface area is 193 Å². The molecule has 4 rings (SSSR count). The van der Waals surface area contributed by atoms with E-state index in [0.29, 0.717) is 29.8 Å². The molecule has 170 valence electrons. The van der Waals surface area contributed by atoms with Crippen LogP contribution in [-0.4, -0.2) is 20.2 Å². The average Bonchev–Trinajstić information content (AvgIpc) is 2.80. The van der Waals surface area contributed by atoms with E-state index in [0.717, 1.165) is 16.7 Å². The quantitative estimate of drug-likeness (QED) is 0.516. The first kappa shape index (κ1) is 22.7. The van der Waals surface area contributed by atoms with Crippen molar-refractivity contribution in [3.05, 3.63) is 89.0 Å². The molecule has 2 amide bonds. The fourth-order valence-corrected chi connectivity index (χ4v) is 4.99. The number of hydrogen-bond acceptors (Lipinski definition) is 4. The Bertz CT molecular complexity index is 1320. The van der Waals surface area contributed by atoms with E-state index in [1.807, 2.05) is 26.0 Å². The molecule has 0 aromatic heterocycles. The van der Waals surface area contributed by atoms with Gasteiger partial charge in [-0.1, -0.05) is 42.5 Å². The van der Waals surface area contributed by atoms with Crippen molar-refractivity contribution in [3.8, 4) is 0 Å². The Balaban J connectivity index is 1.65. The highest BCUT2D eigenvalue weighted by Crippen LogP contribution is 2.27. The molecule has 0 spiro atoms. The standard InChI is InChI=1S/C25H25N3O4S/c1-16-7-6-10-21(17(16)2)27-25(30)24(18-8-4-3-5-9-18)28-33(31,32)20-12-13-22-19(15-20)11-14-23(29)26-22/h3-10,12-13,15,24,28H,11,14H2,1-2H3,(H,26,29)(H,27,30). The van der Waals surface area contributed by atoms with Crippen molar-refractivity contribution < 1.29 is 18.0 Å². The maximum Gasteiger partial charge on any atom is 0.247 e. The van der Waals surface area contributed by atoms with Gasteiger partial charge in [0.2, 0.25) is 21.8 Å². The molecule has 1 atom stereocenters. The lowest BCUT2D eigenvalue weighted by Gasteiger charge is -2.21. The van der Waals surface area contributed by atoms with Crippen LogP contribution in [0, 0.1) is 13.8 Å². The third kappa shape index (κ3) is 4.97. The monoisotopic (exact) mass is 463 g/mol. The van der Waals surface area contributed by atoms with E-state index < -0.39 is 22.0 Å². The van der Waals surface area contributed by atoms with Crippen LogP contribution in [0.1, 0.15) is 34.7 Å². The molecule has 0 saturated carbocycles. The van der Waals surface area contributed by atoms with Crippen molar-refractivity contribution in [2.45, 2.75) is 37.6 Å². The van der Waals surface area contributed by atoms with Crippen molar-refractivity contribution in [2.24, 2.45) is 0 Å². The molecule has 3 aromatic carbocycles. The molecule has 0 fully saturated rings. The number of carbonyl (C=O) groups excluding carboxylic acids is 2. The zero-order valence-corrected chi connectivity index (χ0v) is 19.2. The van der Waals surface area contributed by atoms with Crippen LogP contribution in [0.5, 0.6) is 0 Å². The molecule has 7 nitrogen and oxygen atoms in total. The lowest BCUT2D eigenvalue weighted by Crippen LogP contribution is -2.37. The highest BCUT2D eigenvalue weighted by atomic mass is 32.2.